The van der Waals surface area contributed by atoms with Crippen LogP contribution in [0.25, 0.3) is 5.13 Å². The fourth-order valence-electron chi connectivity index (χ4n) is 1.21. The third kappa shape index (κ3) is 1.88. The first-order valence-corrected chi connectivity index (χ1v) is 5.48. The summed E-state index contributed by atoms with van der Waals surface area (Å²) < 4.78 is 1.62. The van der Waals surface area contributed by atoms with Crippen molar-refractivity contribution in [2.24, 2.45) is 0 Å². The molecule has 1 N–H and O–H groups in total. The summed E-state index contributed by atoms with van der Waals surface area (Å²) >= 11 is 7.14. The molecule has 0 radical (unpaired) electrons. The highest BCUT2D eigenvalue weighted by molar-refractivity contribution is 7.14. The lowest BCUT2D eigenvalue weighted by Crippen LogP contribution is -1.98. The highest BCUT2D eigenvalue weighted by Gasteiger charge is 2.13. The van der Waals surface area contributed by atoms with Crippen LogP contribution in [0.5, 0.6) is 0 Å². The van der Waals surface area contributed by atoms with Gasteiger partial charge in [-0.05, 0) is 13.8 Å². The maximum atomic E-state index is 8.99. The zero-order valence-corrected chi connectivity index (χ0v) is 9.80. The van der Waals surface area contributed by atoms with Gasteiger partial charge in [0.1, 0.15) is 16.8 Å². The Morgan fingerprint density at radius 1 is 1.40 bits per heavy atom. The molecule has 0 aliphatic rings. The molecule has 0 fully saturated rings. The van der Waals surface area contributed by atoms with Crippen molar-refractivity contribution in [2.75, 3.05) is 0 Å². The van der Waals surface area contributed by atoms with Crippen LogP contribution in [0.2, 0.25) is 5.15 Å². The quantitative estimate of drug-likeness (QED) is 0.869. The zero-order chi connectivity index (χ0) is 11.0. The number of nitrogens with zero attached hydrogens (tertiary/aromatic N) is 4. The van der Waals surface area contributed by atoms with Crippen LogP contribution < -0.4 is 0 Å². The number of aromatic nitrogens is 4. The van der Waals surface area contributed by atoms with E-state index in [4.69, 9.17) is 16.7 Å². The molecule has 2 aromatic rings. The molecule has 2 rings (SSSR count). The van der Waals surface area contributed by atoms with Gasteiger partial charge in [0, 0.05) is 0 Å². The number of halogens is 1. The van der Waals surface area contributed by atoms with Gasteiger partial charge in [0.25, 0.3) is 0 Å². The van der Waals surface area contributed by atoms with E-state index < -0.39 is 0 Å². The molecular formula is C8H9ClN4OS. The summed E-state index contributed by atoms with van der Waals surface area (Å²) in [6.07, 6.45) is 0. The summed E-state index contributed by atoms with van der Waals surface area (Å²) in [6, 6.07) is 0. The van der Waals surface area contributed by atoms with Crippen LogP contribution in [0.1, 0.15) is 16.5 Å². The van der Waals surface area contributed by atoms with Crippen molar-refractivity contribution in [1.29, 1.82) is 0 Å². The summed E-state index contributed by atoms with van der Waals surface area (Å²) in [5, 5.41) is 14.1. The predicted octanol–water partition coefficient (Wildman–Crippen LogP) is 1.49. The molecule has 0 spiro atoms. The van der Waals surface area contributed by atoms with Crippen molar-refractivity contribution in [1.82, 2.24) is 19.7 Å². The second-order valence-electron chi connectivity index (χ2n) is 2.99. The van der Waals surface area contributed by atoms with Crippen LogP contribution in [-0.4, -0.2) is 24.9 Å². The van der Waals surface area contributed by atoms with Crippen LogP contribution >= 0.6 is 22.9 Å². The Balaban J connectivity index is 2.49. The first-order valence-electron chi connectivity index (χ1n) is 4.28. The van der Waals surface area contributed by atoms with Crippen LogP contribution in [0, 0.1) is 13.8 Å². The molecule has 0 aliphatic heterocycles. The fraction of sp³-hybridized carbons (Fsp3) is 0.375. The number of aliphatic hydroxyl groups excluding tert-OH is 1. The Hall–Kier alpha value is -0.980. The fourth-order valence-corrected chi connectivity index (χ4v) is 2.33. The first-order chi connectivity index (χ1) is 7.11. The molecule has 0 amide bonds. The molecule has 0 aliphatic carbocycles. The Morgan fingerprint density at radius 2 is 2.13 bits per heavy atom. The van der Waals surface area contributed by atoms with Crippen LogP contribution in [-0.2, 0) is 6.61 Å². The van der Waals surface area contributed by atoms with Gasteiger partial charge in [-0.15, -0.1) is 5.10 Å². The molecule has 0 atom stereocenters. The maximum absolute atomic E-state index is 8.99. The lowest BCUT2D eigenvalue weighted by molar-refractivity contribution is 0.285. The molecule has 0 unspecified atom stereocenters. The van der Waals surface area contributed by atoms with Crippen molar-refractivity contribution in [3.63, 3.8) is 0 Å². The Bertz CT molecular complexity index is 493. The summed E-state index contributed by atoms with van der Waals surface area (Å²) in [7, 11) is 0. The molecule has 0 saturated carbocycles. The van der Waals surface area contributed by atoms with Gasteiger partial charge < -0.3 is 5.11 Å². The standard InChI is InChI=1S/C8H9ClN4OS/c1-4-10-5(2)13(12-4)8-11-7(9)6(3-14)15-8/h14H,3H2,1-2H3. The van der Waals surface area contributed by atoms with Gasteiger partial charge in [-0.25, -0.2) is 9.97 Å². The van der Waals surface area contributed by atoms with E-state index in [1.165, 1.54) is 11.3 Å². The second-order valence-corrected chi connectivity index (χ2v) is 4.41. The van der Waals surface area contributed by atoms with E-state index in [9.17, 15) is 0 Å². The average molecular weight is 245 g/mol. The number of rotatable bonds is 2. The van der Waals surface area contributed by atoms with E-state index >= 15 is 0 Å². The molecule has 2 heterocycles. The minimum absolute atomic E-state index is 0.108. The number of hydrogen-bond donors (Lipinski definition) is 1. The SMILES string of the molecule is Cc1nc(C)n(-c2nc(Cl)c(CO)s2)n1. The van der Waals surface area contributed by atoms with Crippen LogP contribution in [0.4, 0.5) is 0 Å². The monoisotopic (exact) mass is 244 g/mol. The normalized spacial score (nSPS) is 10.9. The third-order valence-electron chi connectivity index (χ3n) is 1.84. The molecule has 0 aromatic carbocycles. The molecule has 0 saturated heterocycles. The number of hydrogen-bond acceptors (Lipinski definition) is 5. The Labute approximate surface area is 95.4 Å². The Morgan fingerprint density at radius 3 is 2.60 bits per heavy atom. The molecule has 2 aromatic heterocycles. The van der Waals surface area contributed by atoms with Gasteiger partial charge in [0.15, 0.2) is 0 Å². The molecule has 5 nitrogen and oxygen atoms in total. The van der Waals surface area contributed by atoms with Crippen molar-refractivity contribution < 1.29 is 5.11 Å². The molecule has 7 heteroatoms. The summed E-state index contributed by atoms with van der Waals surface area (Å²) in [6.45, 7) is 3.54. The third-order valence-corrected chi connectivity index (χ3v) is 3.28. The largest absolute Gasteiger partial charge is 0.391 e. The van der Waals surface area contributed by atoms with Crippen molar-refractivity contribution in [3.8, 4) is 5.13 Å². The van der Waals surface area contributed by atoms with Crippen molar-refractivity contribution >= 4 is 22.9 Å². The van der Waals surface area contributed by atoms with Gasteiger partial charge >= 0.3 is 0 Å². The summed E-state index contributed by atoms with van der Waals surface area (Å²) in [5.74, 6) is 1.44. The van der Waals surface area contributed by atoms with Crippen molar-refractivity contribution in [2.45, 2.75) is 20.5 Å². The smallest absolute Gasteiger partial charge is 0.213 e. The predicted molar refractivity (Wildman–Crippen MR) is 57.4 cm³/mol. The summed E-state index contributed by atoms with van der Waals surface area (Å²) in [4.78, 5) is 8.91. The minimum Gasteiger partial charge on any atom is -0.391 e. The van der Waals surface area contributed by atoms with E-state index in [0.29, 0.717) is 21.0 Å². The zero-order valence-electron chi connectivity index (χ0n) is 8.23. The average Bonchev–Trinajstić information content (AvgIpc) is 2.69. The lowest BCUT2D eigenvalue weighted by Gasteiger charge is -1.94. The van der Waals surface area contributed by atoms with Crippen molar-refractivity contribution in [3.05, 3.63) is 21.7 Å². The van der Waals surface area contributed by atoms with E-state index in [1.54, 1.807) is 4.68 Å². The maximum Gasteiger partial charge on any atom is 0.213 e. The van der Waals surface area contributed by atoms with Gasteiger partial charge in [0.2, 0.25) is 5.13 Å². The van der Waals surface area contributed by atoms with Gasteiger partial charge in [-0.2, -0.15) is 4.68 Å². The molecular weight excluding hydrogens is 236 g/mol. The van der Waals surface area contributed by atoms with Crippen LogP contribution in [0.15, 0.2) is 0 Å². The first kappa shape index (κ1) is 10.5. The number of thiazole rings is 1. The van der Waals surface area contributed by atoms with E-state index in [2.05, 4.69) is 15.1 Å². The number of aliphatic hydroxyl groups is 1. The van der Waals surface area contributed by atoms with E-state index in [0.717, 1.165) is 5.82 Å². The highest BCUT2D eigenvalue weighted by atomic mass is 35.5. The number of aryl methyl sites for hydroxylation is 2. The van der Waals surface area contributed by atoms with E-state index in [1.807, 2.05) is 13.8 Å². The minimum atomic E-state index is -0.108. The van der Waals surface area contributed by atoms with Gasteiger partial charge in [0.05, 0.1) is 11.5 Å². The summed E-state index contributed by atoms with van der Waals surface area (Å²) in [5.41, 5.74) is 0. The molecule has 0 bridgehead atoms. The molecule has 15 heavy (non-hydrogen) atoms. The van der Waals surface area contributed by atoms with E-state index in [-0.39, 0.29) is 6.61 Å². The lowest BCUT2D eigenvalue weighted by atomic mass is 10.6. The van der Waals surface area contributed by atoms with Gasteiger partial charge in [-0.3, -0.25) is 0 Å². The highest BCUT2D eigenvalue weighted by Crippen LogP contribution is 2.25. The van der Waals surface area contributed by atoms with Gasteiger partial charge in [-0.1, -0.05) is 22.9 Å². The molecule has 80 valence electrons. The Kier molecular flexibility index (Phi) is 2.72. The van der Waals surface area contributed by atoms with Crippen LogP contribution in [0.3, 0.4) is 0 Å². The topological polar surface area (TPSA) is 63.8 Å². The second kappa shape index (κ2) is 3.88.